The second kappa shape index (κ2) is 4.92. The molecule has 3 heterocycles. The van der Waals surface area contributed by atoms with Gasteiger partial charge in [0.05, 0.1) is 10.0 Å². The Hall–Kier alpha value is -0.440. The number of likely N-dealkylation sites (N-methyl/N-ethyl adjacent to an activating group) is 1. The number of hydrogen-bond donors (Lipinski definition) is 0. The Morgan fingerprint density at radius 3 is 2.50 bits per heavy atom. The Kier molecular flexibility index (Phi) is 3.44. The molecule has 18 heavy (non-hydrogen) atoms. The van der Waals surface area contributed by atoms with E-state index in [2.05, 4.69) is 22.8 Å². The van der Waals surface area contributed by atoms with E-state index in [1.54, 1.807) is 0 Å². The van der Waals surface area contributed by atoms with Crippen molar-refractivity contribution in [2.24, 2.45) is 0 Å². The van der Waals surface area contributed by atoms with Gasteiger partial charge in [0.15, 0.2) is 0 Å². The predicted molar refractivity (Wildman–Crippen MR) is 77.9 cm³/mol. The van der Waals surface area contributed by atoms with Gasteiger partial charge in [-0.3, -0.25) is 4.90 Å². The molecule has 0 aromatic heterocycles. The zero-order valence-electron chi connectivity index (χ0n) is 10.6. The van der Waals surface area contributed by atoms with Gasteiger partial charge in [0.1, 0.15) is 0 Å². The van der Waals surface area contributed by atoms with Gasteiger partial charge in [0.25, 0.3) is 0 Å². The third-order valence-corrected chi connectivity index (χ3v) is 5.02. The minimum Gasteiger partial charge on any atom is -0.366 e. The number of anilines is 1. The highest BCUT2D eigenvalue weighted by Gasteiger charge is 2.38. The van der Waals surface area contributed by atoms with E-state index in [4.69, 9.17) is 23.2 Å². The SMILES string of the molecule is CCN1CC2CCC1CN2c1ccc(Cl)c(Cl)c1. The molecule has 1 aromatic carbocycles. The largest absolute Gasteiger partial charge is 0.366 e. The number of fused-ring (bicyclic) bond motifs is 3. The molecule has 0 radical (unpaired) electrons. The lowest BCUT2D eigenvalue weighted by Gasteiger charge is -2.52. The van der Waals surface area contributed by atoms with Crippen molar-refractivity contribution >= 4 is 28.9 Å². The molecule has 2 unspecified atom stereocenters. The van der Waals surface area contributed by atoms with Crippen LogP contribution in [0.5, 0.6) is 0 Å². The van der Waals surface area contributed by atoms with Crippen LogP contribution in [0.4, 0.5) is 5.69 Å². The van der Waals surface area contributed by atoms with Gasteiger partial charge in [-0.15, -0.1) is 0 Å². The summed E-state index contributed by atoms with van der Waals surface area (Å²) in [6, 6.07) is 7.33. The number of piperazine rings is 1. The molecular weight excluding hydrogens is 267 g/mol. The summed E-state index contributed by atoms with van der Waals surface area (Å²) in [4.78, 5) is 5.10. The first-order chi connectivity index (χ1) is 8.69. The van der Waals surface area contributed by atoms with E-state index in [1.165, 1.54) is 25.1 Å². The summed E-state index contributed by atoms with van der Waals surface area (Å²) in [6.07, 6.45) is 2.62. The quantitative estimate of drug-likeness (QED) is 0.818. The van der Waals surface area contributed by atoms with Gasteiger partial charge < -0.3 is 4.90 Å². The number of hydrogen-bond acceptors (Lipinski definition) is 2. The second-order valence-corrected chi connectivity index (χ2v) is 6.04. The van der Waals surface area contributed by atoms with E-state index in [-0.39, 0.29) is 0 Å². The molecule has 2 nitrogen and oxygen atoms in total. The van der Waals surface area contributed by atoms with Gasteiger partial charge in [0, 0.05) is 30.9 Å². The van der Waals surface area contributed by atoms with E-state index < -0.39 is 0 Å². The van der Waals surface area contributed by atoms with Crippen LogP contribution in [0.15, 0.2) is 18.2 Å². The van der Waals surface area contributed by atoms with Crippen LogP contribution in [0.1, 0.15) is 19.8 Å². The van der Waals surface area contributed by atoms with Crippen LogP contribution in [0, 0.1) is 0 Å². The summed E-state index contributed by atoms with van der Waals surface area (Å²) in [6.45, 7) is 5.72. The summed E-state index contributed by atoms with van der Waals surface area (Å²) in [5.74, 6) is 0. The predicted octanol–water partition coefficient (Wildman–Crippen LogP) is 3.67. The Labute approximate surface area is 118 Å². The zero-order chi connectivity index (χ0) is 12.7. The maximum atomic E-state index is 6.12. The molecule has 1 aromatic rings. The van der Waals surface area contributed by atoms with Crippen molar-refractivity contribution in [3.05, 3.63) is 28.2 Å². The van der Waals surface area contributed by atoms with Crippen LogP contribution < -0.4 is 4.90 Å². The summed E-state index contributed by atoms with van der Waals surface area (Å²) in [5.41, 5.74) is 1.22. The number of benzene rings is 1. The minimum atomic E-state index is 0.632. The van der Waals surface area contributed by atoms with Crippen molar-refractivity contribution in [1.29, 1.82) is 0 Å². The molecule has 0 spiro atoms. The molecule has 3 aliphatic heterocycles. The van der Waals surface area contributed by atoms with Crippen molar-refractivity contribution in [2.75, 3.05) is 24.5 Å². The van der Waals surface area contributed by atoms with E-state index >= 15 is 0 Å². The van der Waals surface area contributed by atoms with Gasteiger partial charge in [-0.05, 0) is 37.6 Å². The highest BCUT2D eigenvalue weighted by Crippen LogP contribution is 2.35. The number of halogens is 2. The summed E-state index contributed by atoms with van der Waals surface area (Å²) in [5, 5.41) is 1.29. The average Bonchev–Trinajstić information content (AvgIpc) is 2.42. The maximum absolute atomic E-state index is 6.12. The first kappa shape index (κ1) is 12.6. The normalized spacial score (nSPS) is 27.8. The first-order valence-corrected chi connectivity index (χ1v) is 7.40. The Morgan fingerprint density at radius 1 is 1.11 bits per heavy atom. The van der Waals surface area contributed by atoms with Crippen LogP contribution in [0.2, 0.25) is 10.0 Å². The molecule has 3 fully saturated rings. The van der Waals surface area contributed by atoms with Gasteiger partial charge in [-0.2, -0.15) is 0 Å². The van der Waals surface area contributed by atoms with Crippen molar-refractivity contribution in [1.82, 2.24) is 4.90 Å². The molecule has 2 atom stereocenters. The molecule has 0 aliphatic carbocycles. The van der Waals surface area contributed by atoms with E-state index in [9.17, 15) is 0 Å². The van der Waals surface area contributed by atoms with Crippen LogP contribution in [0.3, 0.4) is 0 Å². The zero-order valence-corrected chi connectivity index (χ0v) is 12.1. The third kappa shape index (κ3) is 2.11. The fraction of sp³-hybridized carbons (Fsp3) is 0.571. The molecule has 2 bridgehead atoms. The fourth-order valence-electron chi connectivity index (χ4n) is 3.28. The number of rotatable bonds is 2. The monoisotopic (exact) mass is 284 g/mol. The molecule has 3 aliphatic rings. The first-order valence-electron chi connectivity index (χ1n) is 6.64. The minimum absolute atomic E-state index is 0.632. The third-order valence-electron chi connectivity index (χ3n) is 4.28. The molecule has 0 N–H and O–H groups in total. The van der Waals surface area contributed by atoms with Gasteiger partial charge >= 0.3 is 0 Å². The molecule has 98 valence electrons. The summed E-state index contributed by atoms with van der Waals surface area (Å²) >= 11 is 12.1. The maximum Gasteiger partial charge on any atom is 0.0612 e. The number of piperidine rings is 2. The van der Waals surface area contributed by atoms with Crippen molar-refractivity contribution < 1.29 is 0 Å². The lowest BCUT2D eigenvalue weighted by molar-refractivity contribution is 0.102. The molecular formula is C14H18Cl2N2. The Morgan fingerprint density at radius 2 is 1.89 bits per heavy atom. The van der Waals surface area contributed by atoms with E-state index in [1.807, 2.05) is 12.1 Å². The van der Waals surface area contributed by atoms with Crippen LogP contribution >= 0.6 is 23.2 Å². The Bertz CT molecular complexity index is 449. The second-order valence-electron chi connectivity index (χ2n) is 5.22. The molecule has 0 amide bonds. The smallest absolute Gasteiger partial charge is 0.0612 e. The lowest BCUT2D eigenvalue weighted by atomic mass is 9.90. The topological polar surface area (TPSA) is 6.48 Å². The van der Waals surface area contributed by atoms with Crippen LogP contribution in [-0.4, -0.2) is 36.6 Å². The fourth-order valence-corrected chi connectivity index (χ4v) is 3.58. The van der Waals surface area contributed by atoms with Crippen LogP contribution in [0.25, 0.3) is 0 Å². The van der Waals surface area contributed by atoms with Crippen molar-refractivity contribution in [3.63, 3.8) is 0 Å². The van der Waals surface area contributed by atoms with Gasteiger partial charge in [-0.1, -0.05) is 30.1 Å². The van der Waals surface area contributed by atoms with Crippen molar-refractivity contribution in [2.45, 2.75) is 31.8 Å². The molecule has 0 saturated carbocycles. The highest BCUT2D eigenvalue weighted by molar-refractivity contribution is 6.42. The average molecular weight is 285 g/mol. The summed E-state index contributed by atoms with van der Waals surface area (Å²) in [7, 11) is 0. The Balaban J connectivity index is 1.84. The number of nitrogens with zero attached hydrogens (tertiary/aromatic N) is 2. The van der Waals surface area contributed by atoms with Gasteiger partial charge in [-0.25, -0.2) is 0 Å². The van der Waals surface area contributed by atoms with Crippen molar-refractivity contribution in [3.8, 4) is 0 Å². The summed E-state index contributed by atoms with van der Waals surface area (Å²) < 4.78 is 0. The van der Waals surface area contributed by atoms with Gasteiger partial charge in [0.2, 0.25) is 0 Å². The lowest BCUT2D eigenvalue weighted by Crippen LogP contribution is -2.62. The highest BCUT2D eigenvalue weighted by atomic mass is 35.5. The van der Waals surface area contributed by atoms with E-state index in [0.29, 0.717) is 22.1 Å². The van der Waals surface area contributed by atoms with E-state index in [0.717, 1.165) is 13.1 Å². The van der Waals surface area contributed by atoms with Crippen LogP contribution in [-0.2, 0) is 0 Å². The molecule has 4 heteroatoms. The molecule has 3 saturated heterocycles. The molecule has 4 rings (SSSR count). The standard InChI is InChI=1S/C14H18Cl2N2/c1-2-17-8-12-4-3-11(17)9-18(12)10-5-6-13(15)14(16)7-10/h5-7,11-12H,2-4,8-9H2,1H3.